The summed E-state index contributed by atoms with van der Waals surface area (Å²) in [6.07, 6.45) is -0.0200. The first-order chi connectivity index (χ1) is 9.19. The van der Waals surface area contributed by atoms with Crippen LogP contribution in [-0.4, -0.2) is 18.1 Å². The van der Waals surface area contributed by atoms with Crippen molar-refractivity contribution in [3.63, 3.8) is 0 Å². The number of benzene rings is 1. The molecule has 1 rings (SSSR count). The van der Waals surface area contributed by atoms with Crippen LogP contribution in [-0.2, 0) is 20.3 Å². The van der Waals surface area contributed by atoms with Gasteiger partial charge >= 0.3 is 5.97 Å². The zero-order valence-electron chi connectivity index (χ0n) is 12.2. The van der Waals surface area contributed by atoms with E-state index in [9.17, 15) is 9.36 Å². The van der Waals surface area contributed by atoms with Crippen molar-refractivity contribution in [1.29, 1.82) is 0 Å². The second-order valence-electron chi connectivity index (χ2n) is 5.14. The number of ether oxygens (including phenoxy) is 1. The molecule has 0 spiro atoms. The summed E-state index contributed by atoms with van der Waals surface area (Å²) >= 11 is 6.04. The lowest BCUT2D eigenvalue weighted by Gasteiger charge is -2.19. The summed E-state index contributed by atoms with van der Waals surface area (Å²) in [5, 5.41) is 2.68. The van der Waals surface area contributed by atoms with Crippen molar-refractivity contribution in [1.82, 2.24) is 5.09 Å². The van der Waals surface area contributed by atoms with Gasteiger partial charge in [-0.2, -0.15) is 0 Å². The van der Waals surface area contributed by atoms with Gasteiger partial charge in [0.25, 0.3) is 0 Å². The third-order valence-corrected chi connectivity index (χ3v) is 4.76. The normalized spacial score (nSPS) is 15.7. The van der Waals surface area contributed by atoms with Gasteiger partial charge in [0.2, 0.25) is 6.65 Å². The lowest BCUT2D eigenvalue weighted by atomic mass is 10.2. The van der Waals surface area contributed by atoms with Crippen LogP contribution in [0.25, 0.3) is 0 Å². The Balaban J connectivity index is 2.65. The van der Waals surface area contributed by atoms with Crippen LogP contribution in [0.4, 0.5) is 0 Å². The van der Waals surface area contributed by atoms with Crippen LogP contribution in [0.5, 0.6) is 0 Å². The quantitative estimate of drug-likeness (QED) is 0.639. The molecule has 0 heterocycles. The molecule has 112 valence electrons. The van der Waals surface area contributed by atoms with Gasteiger partial charge in [0.1, 0.15) is 6.04 Å². The second-order valence-corrected chi connectivity index (χ2v) is 8.65. The van der Waals surface area contributed by atoms with Crippen LogP contribution in [0.1, 0.15) is 31.9 Å². The SMILES string of the molecule is Cc1cccc(CP(=O)(Cl)N[C@@H](C)C(=O)OC(C)C)c1. The van der Waals surface area contributed by atoms with Crippen LogP contribution in [0, 0.1) is 6.92 Å². The molecule has 1 aromatic carbocycles. The zero-order valence-corrected chi connectivity index (χ0v) is 13.9. The van der Waals surface area contributed by atoms with E-state index in [0.29, 0.717) is 0 Å². The second kappa shape index (κ2) is 7.26. The largest absolute Gasteiger partial charge is 0.462 e. The molecule has 0 aliphatic heterocycles. The van der Waals surface area contributed by atoms with Gasteiger partial charge in [0.15, 0.2) is 0 Å². The number of aryl methyl sites for hydroxylation is 1. The standard InChI is InChI=1S/C14H21ClNO3P/c1-10(2)19-14(17)12(4)16-20(15,18)9-13-7-5-6-11(3)8-13/h5-8,10,12H,9H2,1-4H3,(H,16,18)/t12-,20?/m0/s1. The molecule has 6 heteroatoms. The van der Waals surface area contributed by atoms with E-state index in [4.69, 9.17) is 16.0 Å². The van der Waals surface area contributed by atoms with E-state index in [-0.39, 0.29) is 12.3 Å². The molecule has 1 aromatic rings. The van der Waals surface area contributed by atoms with E-state index in [1.807, 2.05) is 31.2 Å². The number of carbonyl (C=O) groups is 1. The maximum atomic E-state index is 12.3. The summed E-state index contributed by atoms with van der Waals surface area (Å²) in [6.45, 7) is 3.91. The number of nitrogens with one attached hydrogen (secondary N) is 1. The molecule has 0 aliphatic carbocycles. The average Bonchev–Trinajstić information content (AvgIpc) is 2.26. The molecular formula is C14H21ClNO3P. The number of carbonyl (C=O) groups excluding carboxylic acids is 1. The molecule has 0 aromatic heterocycles. The maximum Gasteiger partial charge on any atom is 0.323 e. The van der Waals surface area contributed by atoms with Crippen LogP contribution < -0.4 is 5.09 Å². The van der Waals surface area contributed by atoms with E-state index >= 15 is 0 Å². The fourth-order valence-corrected chi connectivity index (χ4v) is 4.06. The van der Waals surface area contributed by atoms with Gasteiger partial charge < -0.3 is 4.74 Å². The Bertz CT molecular complexity index is 519. The Labute approximate surface area is 125 Å². The highest BCUT2D eigenvalue weighted by molar-refractivity contribution is 7.87. The highest BCUT2D eigenvalue weighted by Crippen LogP contribution is 2.50. The van der Waals surface area contributed by atoms with Gasteiger partial charge in [0, 0.05) is 0 Å². The lowest BCUT2D eigenvalue weighted by molar-refractivity contribution is -0.148. The molecule has 0 radical (unpaired) electrons. The molecule has 4 nitrogen and oxygen atoms in total. The summed E-state index contributed by atoms with van der Waals surface area (Å²) in [5.41, 5.74) is 1.95. The number of esters is 1. The number of rotatable bonds is 6. The van der Waals surface area contributed by atoms with Crippen LogP contribution in [0.15, 0.2) is 24.3 Å². The van der Waals surface area contributed by atoms with Gasteiger partial charge in [-0.3, -0.25) is 9.36 Å². The molecule has 2 atom stereocenters. The fraction of sp³-hybridized carbons (Fsp3) is 0.500. The first kappa shape index (κ1) is 17.2. The molecule has 0 saturated carbocycles. The minimum atomic E-state index is -3.17. The van der Waals surface area contributed by atoms with E-state index in [1.54, 1.807) is 20.8 Å². The Morgan fingerprint density at radius 3 is 2.60 bits per heavy atom. The third kappa shape index (κ3) is 6.08. The average molecular weight is 318 g/mol. The van der Waals surface area contributed by atoms with Crippen molar-refractivity contribution in [2.24, 2.45) is 0 Å². The maximum absolute atomic E-state index is 12.3. The van der Waals surface area contributed by atoms with E-state index in [1.165, 1.54) is 0 Å². The van der Waals surface area contributed by atoms with Crippen molar-refractivity contribution in [3.8, 4) is 0 Å². The van der Waals surface area contributed by atoms with Crippen LogP contribution in [0.3, 0.4) is 0 Å². The summed E-state index contributed by atoms with van der Waals surface area (Å²) < 4.78 is 17.4. The van der Waals surface area contributed by atoms with Gasteiger partial charge in [-0.25, -0.2) is 5.09 Å². The molecule has 1 N–H and O–H groups in total. The van der Waals surface area contributed by atoms with Crippen molar-refractivity contribution in [2.45, 2.75) is 46.0 Å². The molecule has 1 unspecified atom stereocenters. The van der Waals surface area contributed by atoms with Crippen LogP contribution >= 0.6 is 17.9 Å². The zero-order chi connectivity index (χ0) is 15.3. The fourth-order valence-electron chi connectivity index (χ4n) is 1.77. The Kier molecular flexibility index (Phi) is 6.25. The van der Waals surface area contributed by atoms with Gasteiger partial charge in [-0.05, 0) is 44.5 Å². The molecule has 20 heavy (non-hydrogen) atoms. The first-order valence-electron chi connectivity index (χ1n) is 6.52. The summed E-state index contributed by atoms with van der Waals surface area (Å²) in [7, 11) is 0. The van der Waals surface area contributed by atoms with Crippen molar-refractivity contribution >= 4 is 23.9 Å². The van der Waals surface area contributed by atoms with Gasteiger partial charge in [-0.1, -0.05) is 29.8 Å². The highest BCUT2D eigenvalue weighted by atomic mass is 35.7. The predicted molar refractivity (Wildman–Crippen MR) is 82.2 cm³/mol. The van der Waals surface area contributed by atoms with E-state index in [0.717, 1.165) is 11.1 Å². The highest BCUT2D eigenvalue weighted by Gasteiger charge is 2.26. The van der Waals surface area contributed by atoms with Crippen molar-refractivity contribution in [2.75, 3.05) is 0 Å². The van der Waals surface area contributed by atoms with Crippen molar-refractivity contribution in [3.05, 3.63) is 35.4 Å². The minimum Gasteiger partial charge on any atom is -0.462 e. The van der Waals surface area contributed by atoms with Crippen LogP contribution in [0.2, 0.25) is 0 Å². The molecule has 0 aliphatic rings. The topological polar surface area (TPSA) is 55.4 Å². The van der Waals surface area contributed by atoms with Gasteiger partial charge in [0.05, 0.1) is 12.3 Å². The lowest BCUT2D eigenvalue weighted by Crippen LogP contribution is -2.34. The Hall–Kier alpha value is -0.830. The first-order valence-corrected chi connectivity index (χ1v) is 9.32. The predicted octanol–water partition coefficient (Wildman–Crippen LogP) is 3.86. The summed E-state index contributed by atoms with van der Waals surface area (Å²) in [5.74, 6) is -0.454. The molecule has 0 fully saturated rings. The molecule has 0 bridgehead atoms. The smallest absolute Gasteiger partial charge is 0.323 e. The number of hydrogen-bond donors (Lipinski definition) is 1. The number of hydrogen-bond acceptors (Lipinski definition) is 3. The Morgan fingerprint density at radius 1 is 1.40 bits per heavy atom. The molecular weight excluding hydrogens is 297 g/mol. The summed E-state index contributed by atoms with van der Waals surface area (Å²) in [6, 6.07) is 6.93. The minimum absolute atomic E-state index is 0.190. The molecule has 0 saturated heterocycles. The van der Waals surface area contributed by atoms with Crippen molar-refractivity contribution < 1.29 is 14.1 Å². The monoisotopic (exact) mass is 317 g/mol. The number of halogens is 1. The third-order valence-electron chi connectivity index (χ3n) is 2.56. The molecule has 0 amide bonds. The summed E-state index contributed by atoms with van der Waals surface area (Å²) in [4.78, 5) is 11.7. The van der Waals surface area contributed by atoms with E-state index in [2.05, 4.69) is 5.09 Å². The Morgan fingerprint density at radius 2 is 2.05 bits per heavy atom. The van der Waals surface area contributed by atoms with E-state index < -0.39 is 18.7 Å². The van der Waals surface area contributed by atoms with Gasteiger partial charge in [-0.15, -0.1) is 0 Å².